The molecule has 1 aromatic carbocycles. The summed E-state index contributed by atoms with van der Waals surface area (Å²) in [4.78, 5) is 0.0847. The van der Waals surface area contributed by atoms with E-state index in [1.165, 1.54) is 7.11 Å². The van der Waals surface area contributed by atoms with Crippen molar-refractivity contribution in [2.45, 2.75) is 38.1 Å². The molecule has 1 unspecified atom stereocenters. The number of ether oxygens (including phenoxy) is 2. The van der Waals surface area contributed by atoms with E-state index >= 15 is 0 Å². The quantitative estimate of drug-likeness (QED) is 0.822. The second-order valence-electron chi connectivity index (χ2n) is 5.35. The van der Waals surface area contributed by atoms with Gasteiger partial charge in [0.15, 0.2) is 17.3 Å². The smallest absolute Gasteiger partial charge is 0.246 e. The Morgan fingerprint density at radius 3 is 2.38 bits per heavy atom. The molecule has 0 aliphatic carbocycles. The topological polar surface area (TPSA) is 90.7 Å². The number of nitrogens with one attached hydrogen (secondary N) is 1. The zero-order valence-corrected chi connectivity index (χ0v) is 15.2. The van der Waals surface area contributed by atoms with Gasteiger partial charge in [0, 0.05) is 6.04 Å². The van der Waals surface area contributed by atoms with Crippen molar-refractivity contribution in [3.05, 3.63) is 35.2 Å². The number of hydrogen-bond donors (Lipinski definition) is 1. The first-order valence-electron chi connectivity index (χ1n) is 7.51. The summed E-state index contributed by atoms with van der Waals surface area (Å²) in [7, 11) is -0.662. The Labute approximate surface area is 142 Å². The molecule has 0 saturated heterocycles. The van der Waals surface area contributed by atoms with E-state index < -0.39 is 16.1 Å². The number of methoxy groups -OCH3 is 2. The minimum Gasteiger partial charge on any atom is -0.493 e. The van der Waals surface area contributed by atoms with Gasteiger partial charge in [-0.3, -0.25) is 0 Å². The van der Waals surface area contributed by atoms with E-state index in [0.717, 1.165) is 5.56 Å². The molecule has 1 heterocycles. The molecule has 7 nitrogen and oxygen atoms in total. The van der Waals surface area contributed by atoms with E-state index in [1.807, 2.05) is 13.0 Å². The molecule has 0 aliphatic heterocycles. The lowest BCUT2D eigenvalue weighted by atomic mass is 10.1. The number of benzene rings is 1. The molecule has 0 saturated carbocycles. The fourth-order valence-corrected chi connectivity index (χ4v) is 4.20. The fourth-order valence-electron chi connectivity index (χ4n) is 2.56. The van der Waals surface area contributed by atoms with Crippen molar-refractivity contribution in [1.82, 2.24) is 9.88 Å². The maximum Gasteiger partial charge on any atom is 0.246 e. The highest BCUT2D eigenvalue weighted by Gasteiger charge is 2.27. The first-order chi connectivity index (χ1) is 11.3. The summed E-state index contributed by atoms with van der Waals surface area (Å²) in [6, 6.07) is 4.92. The first kappa shape index (κ1) is 18.3. The molecule has 0 aliphatic rings. The van der Waals surface area contributed by atoms with E-state index in [9.17, 15) is 8.42 Å². The van der Waals surface area contributed by atoms with Gasteiger partial charge in [-0.05, 0) is 38.0 Å². The molecule has 0 fully saturated rings. The van der Waals surface area contributed by atoms with Crippen LogP contribution < -0.4 is 14.2 Å². The average Bonchev–Trinajstić information content (AvgIpc) is 2.91. The number of hydrogen-bond acceptors (Lipinski definition) is 6. The van der Waals surface area contributed by atoms with E-state index in [4.69, 9.17) is 14.0 Å². The summed E-state index contributed by atoms with van der Waals surface area (Å²) in [5, 5.41) is 3.71. The SMILES string of the molecule is CCC(NS(=O)(=O)c1c(C)noc1C)c1ccc(OC)c(OC)c1. The minimum atomic E-state index is -3.75. The summed E-state index contributed by atoms with van der Waals surface area (Å²) >= 11 is 0. The Bertz CT molecular complexity index is 794. The third kappa shape index (κ3) is 3.54. The molecule has 0 radical (unpaired) electrons. The lowest BCUT2D eigenvalue weighted by Gasteiger charge is -2.19. The number of aryl methyl sites for hydroxylation is 2. The zero-order valence-electron chi connectivity index (χ0n) is 14.4. The predicted octanol–water partition coefficient (Wildman–Crippen LogP) is 2.74. The van der Waals surface area contributed by atoms with E-state index in [2.05, 4.69) is 9.88 Å². The van der Waals surface area contributed by atoms with E-state index in [0.29, 0.717) is 23.6 Å². The molecule has 0 bridgehead atoms. The standard InChI is InChI=1S/C16H22N2O5S/c1-6-13(12-7-8-14(21-4)15(9-12)22-5)18-24(19,20)16-10(2)17-23-11(16)3/h7-9,13,18H,6H2,1-5H3. The first-order valence-corrected chi connectivity index (χ1v) is 8.99. The van der Waals surface area contributed by atoms with Gasteiger partial charge in [-0.25, -0.2) is 13.1 Å². The van der Waals surface area contributed by atoms with Crippen LogP contribution in [0.3, 0.4) is 0 Å². The van der Waals surface area contributed by atoms with Crippen molar-refractivity contribution in [1.29, 1.82) is 0 Å². The van der Waals surface area contributed by atoms with Gasteiger partial charge in [-0.2, -0.15) is 0 Å². The molecule has 0 amide bonds. The van der Waals surface area contributed by atoms with Crippen LogP contribution in [0.1, 0.15) is 36.4 Å². The highest BCUT2D eigenvalue weighted by Crippen LogP contribution is 2.32. The summed E-state index contributed by atoms with van der Waals surface area (Å²) < 4.78 is 43.5. The molecule has 8 heteroatoms. The molecule has 1 N–H and O–H groups in total. The second kappa shape index (κ2) is 7.23. The van der Waals surface area contributed by atoms with Crippen molar-refractivity contribution < 1.29 is 22.4 Å². The molecule has 1 aromatic heterocycles. The van der Waals surface area contributed by atoms with Crippen LogP contribution in [0.25, 0.3) is 0 Å². The van der Waals surface area contributed by atoms with E-state index in [-0.39, 0.29) is 10.7 Å². The van der Waals surface area contributed by atoms with Crippen LogP contribution in [-0.4, -0.2) is 27.8 Å². The van der Waals surface area contributed by atoms with Gasteiger partial charge in [0.1, 0.15) is 10.6 Å². The Hall–Kier alpha value is -2.06. The van der Waals surface area contributed by atoms with Gasteiger partial charge in [0.25, 0.3) is 0 Å². The third-order valence-corrected chi connectivity index (χ3v) is 5.47. The van der Waals surface area contributed by atoms with Gasteiger partial charge in [0.05, 0.1) is 14.2 Å². The Morgan fingerprint density at radius 2 is 1.88 bits per heavy atom. The highest BCUT2D eigenvalue weighted by molar-refractivity contribution is 7.89. The molecule has 132 valence electrons. The van der Waals surface area contributed by atoms with Gasteiger partial charge in [0.2, 0.25) is 10.0 Å². The fraction of sp³-hybridized carbons (Fsp3) is 0.438. The predicted molar refractivity (Wildman–Crippen MR) is 88.9 cm³/mol. The van der Waals surface area contributed by atoms with Crippen LogP contribution in [-0.2, 0) is 10.0 Å². The van der Waals surface area contributed by atoms with Gasteiger partial charge in [-0.1, -0.05) is 18.1 Å². The average molecular weight is 354 g/mol. The van der Waals surface area contributed by atoms with Crippen molar-refractivity contribution in [2.24, 2.45) is 0 Å². The molecule has 2 aromatic rings. The maximum atomic E-state index is 12.7. The van der Waals surface area contributed by atoms with Crippen LogP contribution in [0.2, 0.25) is 0 Å². The Balaban J connectivity index is 2.36. The summed E-state index contributed by atoms with van der Waals surface area (Å²) in [5.74, 6) is 1.40. The van der Waals surface area contributed by atoms with Crippen molar-refractivity contribution >= 4 is 10.0 Å². The molecular weight excluding hydrogens is 332 g/mol. The molecular formula is C16H22N2O5S. The lowest BCUT2D eigenvalue weighted by Crippen LogP contribution is -2.29. The van der Waals surface area contributed by atoms with Crippen LogP contribution in [0.5, 0.6) is 11.5 Å². The van der Waals surface area contributed by atoms with E-state index in [1.54, 1.807) is 33.1 Å². The summed E-state index contributed by atoms with van der Waals surface area (Å²) in [6.07, 6.45) is 0.568. The number of aromatic nitrogens is 1. The van der Waals surface area contributed by atoms with Crippen molar-refractivity contribution in [3.63, 3.8) is 0 Å². The van der Waals surface area contributed by atoms with Crippen LogP contribution in [0, 0.1) is 13.8 Å². The number of nitrogens with zero attached hydrogens (tertiary/aromatic N) is 1. The monoisotopic (exact) mass is 354 g/mol. The Kier molecular flexibility index (Phi) is 5.51. The molecule has 24 heavy (non-hydrogen) atoms. The highest BCUT2D eigenvalue weighted by atomic mass is 32.2. The second-order valence-corrected chi connectivity index (χ2v) is 7.00. The van der Waals surface area contributed by atoms with Crippen LogP contribution in [0.4, 0.5) is 0 Å². The molecule has 0 spiro atoms. The number of rotatable bonds is 7. The number of sulfonamides is 1. The van der Waals surface area contributed by atoms with Gasteiger partial charge in [-0.15, -0.1) is 0 Å². The Morgan fingerprint density at radius 1 is 1.21 bits per heavy atom. The largest absolute Gasteiger partial charge is 0.493 e. The third-order valence-electron chi connectivity index (χ3n) is 3.75. The van der Waals surface area contributed by atoms with Crippen molar-refractivity contribution in [3.8, 4) is 11.5 Å². The lowest BCUT2D eigenvalue weighted by molar-refractivity contribution is 0.354. The maximum absolute atomic E-state index is 12.7. The minimum absolute atomic E-state index is 0.0847. The van der Waals surface area contributed by atoms with Crippen molar-refractivity contribution in [2.75, 3.05) is 14.2 Å². The van der Waals surface area contributed by atoms with Crippen LogP contribution in [0.15, 0.2) is 27.6 Å². The molecule has 2 rings (SSSR count). The molecule has 1 atom stereocenters. The van der Waals surface area contributed by atoms with Gasteiger partial charge < -0.3 is 14.0 Å². The summed E-state index contributed by atoms with van der Waals surface area (Å²) in [5.41, 5.74) is 1.12. The zero-order chi connectivity index (χ0) is 17.9. The van der Waals surface area contributed by atoms with Crippen LogP contribution >= 0.6 is 0 Å². The van der Waals surface area contributed by atoms with Gasteiger partial charge >= 0.3 is 0 Å². The normalized spacial score (nSPS) is 12.9. The summed E-state index contributed by atoms with van der Waals surface area (Å²) in [6.45, 7) is 5.07.